The van der Waals surface area contributed by atoms with E-state index in [1.165, 1.54) is 18.7 Å². The summed E-state index contributed by atoms with van der Waals surface area (Å²) in [5, 5.41) is 31.4. The smallest absolute Gasteiger partial charge is 0.394 e. The molecular formula is C17H28N4O7. The number of ether oxygens (including phenoxy) is 1. The minimum atomic E-state index is -1.39. The second kappa shape index (κ2) is 11.0. The van der Waals surface area contributed by atoms with E-state index in [4.69, 9.17) is 14.7 Å². The number of carbonyl (C=O) groups is 1. The first kappa shape index (κ1) is 22.1. The van der Waals surface area contributed by atoms with Crippen LogP contribution in [0.2, 0.25) is 0 Å². The zero-order valence-corrected chi connectivity index (χ0v) is 15.8. The Morgan fingerprint density at radius 3 is 2.68 bits per heavy atom. The average molecular weight is 400 g/mol. The van der Waals surface area contributed by atoms with Crippen LogP contribution < -0.4 is 16.5 Å². The van der Waals surface area contributed by atoms with E-state index in [-0.39, 0.29) is 5.82 Å². The highest BCUT2D eigenvalue weighted by atomic mass is 16.7. The Labute approximate surface area is 162 Å². The summed E-state index contributed by atoms with van der Waals surface area (Å²) in [6.45, 7) is 2.12. The van der Waals surface area contributed by atoms with Crippen LogP contribution in [0.25, 0.3) is 0 Å². The van der Waals surface area contributed by atoms with E-state index in [2.05, 4.69) is 22.7 Å². The molecule has 0 saturated carbocycles. The fourth-order valence-corrected chi connectivity index (χ4v) is 2.83. The Bertz CT molecular complexity index is 684. The SMILES string of the molecule is CCCCCCCNC(=O)ONc1ccn([C@@H]2O[C@H](CO)[C@H](O)C2O)c(=O)n1. The number of carbonyl (C=O) groups excluding carboxylic acids is 1. The first-order valence-corrected chi connectivity index (χ1v) is 9.40. The number of rotatable bonds is 10. The number of hydrogen-bond donors (Lipinski definition) is 5. The summed E-state index contributed by atoms with van der Waals surface area (Å²) < 4.78 is 6.25. The van der Waals surface area contributed by atoms with Crippen LogP contribution >= 0.6 is 0 Å². The highest BCUT2D eigenvalue weighted by Crippen LogP contribution is 2.28. The van der Waals surface area contributed by atoms with Gasteiger partial charge in [-0.2, -0.15) is 10.5 Å². The normalized spacial score (nSPS) is 24.1. The predicted octanol–water partition coefficient (Wildman–Crippen LogP) is -0.122. The van der Waals surface area contributed by atoms with Crippen molar-refractivity contribution in [2.24, 2.45) is 0 Å². The third-order valence-electron chi connectivity index (χ3n) is 4.42. The Balaban J connectivity index is 1.81. The summed E-state index contributed by atoms with van der Waals surface area (Å²) in [4.78, 5) is 32.2. The van der Waals surface area contributed by atoms with Gasteiger partial charge in [0.2, 0.25) is 0 Å². The van der Waals surface area contributed by atoms with E-state index >= 15 is 0 Å². The van der Waals surface area contributed by atoms with Gasteiger partial charge in [-0.15, -0.1) is 0 Å². The Morgan fingerprint density at radius 2 is 2.04 bits per heavy atom. The van der Waals surface area contributed by atoms with Crippen molar-refractivity contribution in [3.05, 3.63) is 22.7 Å². The second-order valence-electron chi connectivity index (χ2n) is 6.56. The molecule has 4 atom stereocenters. The number of unbranched alkanes of at least 4 members (excludes halogenated alkanes) is 4. The van der Waals surface area contributed by atoms with Gasteiger partial charge in [0.05, 0.1) is 6.61 Å². The van der Waals surface area contributed by atoms with Crippen LogP contribution in [-0.4, -0.2) is 62.4 Å². The van der Waals surface area contributed by atoms with Gasteiger partial charge in [0.1, 0.15) is 18.3 Å². The van der Waals surface area contributed by atoms with Crippen molar-refractivity contribution >= 4 is 11.9 Å². The minimum Gasteiger partial charge on any atom is -0.394 e. The van der Waals surface area contributed by atoms with Crippen molar-refractivity contribution in [2.45, 2.75) is 63.6 Å². The van der Waals surface area contributed by atoms with E-state index in [9.17, 15) is 19.8 Å². The lowest BCUT2D eigenvalue weighted by Gasteiger charge is -2.17. The van der Waals surface area contributed by atoms with Crippen molar-refractivity contribution in [1.82, 2.24) is 14.9 Å². The molecule has 0 aromatic carbocycles. The molecule has 0 aliphatic carbocycles. The molecule has 0 bridgehead atoms. The summed E-state index contributed by atoms with van der Waals surface area (Å²) in [6, 6.07) is 1.34. The molecule has 5 N–H and O–H groups in total. The standard InChI is InChI=1S/C17H28N4O7/c1-2-3-4-5-6-8-18-17(26)28-20-12-7-9-21(16(25)19-12)15-14(24)13(23)11(10-22)27-15/h7,9,11,13-15,22-24H,2-6,8,10H2,1H3,(H,18,26)(H,19,20,25)/t11-,13+,14?,15-/m1/s1. The highest BCUT2D eigenvalue weighted by Gasteiger charge is 2.43. The quantitative estimate of drug-likeness (QED) is 0.267. The summed E-state index contributed by atoms with van der Waals surface area (Å²) in [6.07, 6.45) is 1.01. The summed E-state index contributed by atoms with van der Waals surface area (Å²) in [5.41, 5.74) is 1.48. The molecule has 2 heterocycles. The number of aromatic nitrogens is 2. The lowest BCUT2D eigenvalue weighted by atomic mass is 10.1. The van der Waals surface area contributed by atoms with Crippen LogP contribution in [-0.2, 0) is 9.57 Å². The first-order chi connectivity index (χ1) is 13.5. The van der Waals surface area contributed by atoms with Gasteiger partial charge in [-0.1, -0.05) is 32.6 Å². The number of nitrogens with one attached hydrogen (secondary N) is 2. The molecule has 1 amide bonds. The monoisotopic (exact) mass is 400 g/mol. The average Bonchev–Trinajstić information content (AvgIpc) is 2.97. The van der Waals surface area contributed by atoms with E-state index in [1.54, 1.807) is 0 Å². The lowest BCUT2D eigenvalue weighted by Crippen LogP contribution is -2.36. The Morgan fingerprint density at radius 1 is 1.29 bits per heavy atom. The topological polar surface area (TPSA) is 155 Å². The molecule has 1 fully saturated rings. The number of aliphatic hydroxyl groups excluding tert-OH is 3. The molecule has 1 aliphatic rings. The van der Waals surface area contributed by atoms with Gasteiger partial charge in [0.25, 0.3) is 0 Å². The molecular weight excluding hydrogens is 372 g/mol. The number of hydrogen-bond acceptors (Lipinski definition) is 9. The van der Waals surface area contributed by atoms with Crippen LogP contribution in [0.1, 0.15) is 45.3 Å². The zero-order valence-electron chi connectivity index (χ0n) is 15.8. The molecule has 1 aromatic rings. The summed E-state index contributed by atoms with van der Waals surface area (Å²) >= 11 is 0. The van der Waals surface area contributed by atoms with E-state index in [1.807, 2.05) is 0 Å². The molecule has 1 unspecified atom stereocenters. The fraction of sp³-hybridized carbons (Fsp3) is 0.706. The van der Waals surface area contributed by atoms with Crippen LogP contribution in [0.4, 0.5) is 10.6 Å². The predicted molar refractivity (Wildman–Crippen MR) is 98.4 cm³/mol. The Hall–Kier alpha value is -2.21. The molecule has 0 spiro atoms. The van der Waals surface area contributed by atoms with Crippen molar-refractivity contribution in [3.8, 4) is 0 Å². The molecule has 1 aliphatic heterocycles. The molecule has 1 aromatic heterocycles. The maximum absolute atomic E-state index is 12.1. The lowest BCUT2D eigenvalue weighted by molar-refractivity contribution is -0.0549. The highest BCUT2D eigenvalue weighted by molar-refractivity contribution is 5.67. The third kappa shape index (κ3) is 5.89. The minimum absolute atomic E-state index is 0.00825. The number of aliphatic hydroxyl groups is 3. The number of anilines is 1. The fourth-order valence-electron chi connectivity index (χ4n) is 2.83. The van der Waals surface area contributed by atoms with Gasteiger partial charge in [-0.3, -0.25) is 4.57 Å². The van der Waals surface area contributed by atoms with Gasteiger partial charge >= 0.3 is 11.8 Å². The molecule has 0 radical (unpaired) electrons. The van der Waals surface area contributed by atoms with E-state index < -0.39 is 42.9 Å². The van der Waals surface area contributed by atoms with E-state index in [0.29, 0.717) is 6.54 Å². The van der Waals surface area contributed by atoms with Crippen LogP contribution in [0.5, 0.6) is 0 Å². The molecule has 28 heavy (non-hydrogen) atoms. The van der Waals surface area contributed by atoms with E-state index in [0.717, 1.165) is 30.3 Å². The van der Waals surface area contributed by atoms with Crippen molar-refractivity contribution in [3.63, 3.8) is 0 Å². The third-order valence-corrected chi connectivity index (χ3v) is 4.42. The molecule has 11 heteroatoms. The maximum atomic E-state index is 12.1. The van der Waals surface area contributed by atoms with Crippen LogP contribution in [0.3, 0.4) is 0 Å². The van der Waals surface area contributed by atoms with Gasteiger partial charge < -0.3 is 30.2 Å². The summed E-state index contributed by atoms with van der Waals surface area (Å²) in [5.74, 6) is -0.00825. The van der Waals surface area contributed by atoms with Crippen LogP contribution in [0, 0.1) is 0 Å². The van der Waals surface area contributed by atoms with Crippen molar-refractivity contribution in [2.75, 3.05) is 18.6 Å². The van der Waals surface area contributed by atoms with Crippen LogP contribution in [0.15, 0.2) is 17.1 Å². The number of amides is 1. The molecule has 158 valence electrons. The van der Waals surface area contributed by atoms with Gasteiger partial charge in [-0.05, 0) is 6.42 Å². The van der Waals surface area contributed by atoms with Crippen molar-refractivity contribution in [1.29, 1.82) is 0 Å². The Kier molecular flexibility index (Phi) is 8.64. The van der Waals surface area contributed by atoms with Gasteiger partial charge in [0.15, 0.2) is 12.0 Å². The first-order valence-electron chi connectivity index (χ1n) is 9.40. The molecule has 11 nitrogen and oxygen atoms in total. The maximum Gasteiger partial charge on any atom is 0.431 e. The molecule has 2 rings (SSSR count). The number of nitrogens with zero attached hydrogens (tertiary/aromatic N) is 2. The van der Waals surface area contributed by atoms with Crippen molar-refractivity contribution < 1.29 is 29.7 Å². The van der Waals surface area contributed by atoms with Gasteiger partial charge in [-0.25, -0.2) is 9.59 Å². The molecule has 1 saturated heterocycles. The second-order valence-corrected chi connectivity index (χ2v) is 6.56. The van der Waals surface area contributed by atoms with Gasteiger partial charge in [0, 0.05) is 18.8 Å². The largest absolute Gasteiger partial charge is 0.431 e. The zero-order chi connectivity index (χ0) is 20.5. The summed E-state index contributed by atoms with van der Waals surface area (Å²) in [7, 11) is 0.